The molecular formula is C27H32N2O2S. The van der Waals surface area contributed by atoms with Gasteiger partial charge in [-0.3, -0.25) is 4.79 Å². The van der Waals surface area contributed by atoms with Crippen molar-refractivity contribution in [1.29, 1.82) is 0 Å². The summed E-state index contributed by atoms with van der Waals surface area (Å²) in [6.07, 6.45) is 7.93. The minimum atomic E-state index is 0.156. The summed E-state index contributed by atoms with van der Waals surface area (Å²) in [6, 6.07) is 12.9. The van der Waals surface area contributed by atoms with Crippen LogP contribution in [0.1, 0.15) is 56.1 Å². The molecule has 5 rings (SSSR count). The largest absolute Gasteiger partial charge is 0.376 e. The SMILES string of the molecule is Cc1ccc2cc(CN(CC3CCCO3)C(=O)C3CCCCC3)c(-c3cccs3)nc2c1. The second-order valence-corrected chi connectivity index (χ2v) is 10.3. The third kappa shape index (κ3) is 4.74. The minimum absolute atomic E-state index is 0.156. The van der Waals surface area contributed by atoms with E-state index in [0.29, 0.717) is 19.0 Å². The van der Waals surface area contributed by atoms with Gasteiger partial charge in [-0.15, -0.1) is 11.3 Å². The number of aromatic nitrogens is 1. The first-order valence-corrected chi connectivity index (χ1v) is 12.9. The van der Waals surface area contributed by atoms with Crippen molar-refractivity contribution in [3.63, 3.8) is 0 Å². The zero-order valence-electron chi connectivity index (χ0n) is 18.9. The molecule has 1 amide bonds. The molecule has 3 heterocycles. The number of benzene rings is 1. The average molecular weight is 449 g/mol. The van der Waals surface area contributed by atoms with Crippen molar-refractivity contribution in [2.75, 3.05) is 13.2 Å². The van der Waals surface area contributed by atoms with Crippen molar-refractivity contribution >= 4 is 28.1 Å². The number of rotatable bonds is 6. The number of carbonyl (C=O) groups is 1. The third-order valence-corrected chi connectivity index (χ3v) is 7.76. The van der Waals surface area contributed by atoms with E-state index in [1.807, 2.05) is 0 Å². The number of hydrogen-bond acceptors (Lipinski definition) is 4. The number of ether oxygens (including phenoxy) is 1. The summed E-state index contributed by atoms with van der Waals surface area (Å²) >= 11 is 1.71. The van der Waals surface area contributed by atoms with Crippen molar-refractivity contribution in [2.24, 2.45) is 5.92 Å². The van der Waals surface area contributed by atoms with E-state index in [0.717, 1.165) is 59.3 Å². The van der Waals surface area contributed by atoms with Gasteiger partial charge in [-0.25, -0.2) is 4.98 Å². The van der Waals surface area contributed by atoms with E-state index in [-0.39, 0.29) is 12.0 Å². The van der Waals surface area contributed by atoms with E-state index in [2.05, 4.69) is 53.6 Å². The van der Waals surface area contributed by atoms with Crippen LogP contribution in [0.15, 0.2) is 41.8 Å². The number of fused-ring (bicyclic) bond motifs is 1. The van der Waals surface area contributed by atoms with Crippen LogP contribution in [0.25, 0.3) is 21.5 Å². The van der Waals surface area contributed by atoms with Crippen molar-refractivity contribution in [3.8, 4) is 10.6 Å². The highest BCUT2D eigenvalue weighted by molar-refractivity contribution is 7.13. The van der Waals surface area contributed by atoms with Crippen molar-refractivity contribution in [1.82, 2.24) is 9.88 Å². The molecule has 0 radical (unpaired) electrons. The molecule has 1 saturated heterocycles. The molecule has 2 fully saturated rings. The first kappa shape index (κ1) is 21.6. The molecule has 2 aliphatic rings. The Morgan fingerprint density at radius 3 is 2.75 bits per heavy atom. The van der Waals surface area contributed by atoms with Gasteiger partial charge in [-0.1, -0.05) is 37.5 Å². The molecule has 5 heteroatoms. The number of thiophene rings is 1. The van der Waals surface area contributed by atoms with Crippen LogP contribution in [0.3, 0.4) is 0 Å². The van der Waals surface area contributed by atoms with Gasteiger partial charge in [-0.05, 0) is 67.3 Å². The molecule has 168 valence electrons. The van der Waals surface area contributed by atoms with E-state index >= 15 is 0 Å². The monoisotopic (exact) mass is 448 g/mol. The number of amides is 1. The van der Waals surface area contributed by atoms with Gasteiger partial charge in [0.25, 0.3) is 0 Å². The molecule has 1 aromatic carbocycles. The fourth-order valence-electron chi connectivity index (χ4n) is 5.15. The van der Waals surface area contributed by atoms with Gasteiger partial charge in [0.1, 0.15) is 0 Å². The van der Waals surface area contributed by atoms with Crippen LogP contribution >= 0.6 is 11.3 Å². The highest BCUT2D eigenvalue weighted by Gasteiger charge is 2.30. The Balaban J connectivity index is 1.51. The van der Waals surface area contributed by atoms with Crippen LogP contribution in [-0.4, -0.2) is 35.0 Å². The Bertz CT molecular complexity index is 1070. The smallest absolute Gasteiger partial charge is 0.226 e. The normalized spacial score (nSPS) is 19.5. The molecule has 0 bridgehead atoms. The van der Waals surface area contributed by atoms with Crippen LogP contribution in [0.4, 0.5) is 0 Å². The average Bonchev–Trinajstić information content (AvgIpc) is 3.53. The summed E-state index contributed by atoms with van der Waals surface area (Å²) in [4.78, 5) is 22.0. The summed E-state index contributed by atoms with van der Waals surface area (Å²) in [7, 11) is 0. The zero-order chi connectivity index (χ0) is 21.9. The van der Waals surface area contributed by atoms with Crippen molar-refractivity contribution in [3.05, 3.63) is 52.9 Å². The van der Waals surface area contributed by atoms with Crippen LogP contribution < -0.4 is 0 Å². The van der Waals surface area contributed by atoms with E-state index in [4.69, 9.17) is 9.72 Å². The second kappa shape index (κ2) is 9.72. The maximum atomic E-state index is 13.6. The molecular weight excluding hydrogens is 416 g/mol. The molecule has 2 aromatic heterocycles. The molecule has 1 unspecified atom stereocenters. The number of nitrogens with zero attached hydrogens (tertiary/aromatic N) is 2. The van der Waals surface area contributed by atoms with Crippen molar-refractivity contribution in [2.45, 2.75) is 64.5 Å². The lowest BCUT2D eigenvalue weighted by Crippen LogP contribution is -2.41. The standard InChI is InChI=1S/C27H32N2O2S/c1-19-11-12-21-16-22(26(28-24(21)15-19)25-10-6-14-32-25)17-29(18-23-9-5-13-31-23)27(30)20-7-3-2-4-8-20/h6,10-12,14-16,20,23H,2-5,7-9,13,17-18H2,1H3. The molecule has 1 atom stereocenters. The predicted octanol–water partition coefficient (Wildman–Crippen LogP) is 6.36. The Morgan fingerprint density at radius 2 is 2.00 bits per heavy atom. The molecule has 32 heavy (non-hydrogen) atoms. The molecule has 1 aliphatic heterocycles. The fraction of sp³-hybridized carbons (Fsp3) is 0.481. The van der Waals surface area contributed by atoms with Crippen LogP contribution in [0, 0.1) is 12.8 Å². The van der Waals surface area contributed by atoms with Gasteiger partial charge in [0.15, 0.2) is 0 Å². The lowest BCUT2D eigenvalue weighted by Gasteiger charge is -2.31. The molecule has 1 saturated carbocycles. The van der Waals surface area contributed by atoms with Gasteiger partial charge in [0.05, 0.1) is 22.2 Å². The van der Waals surface area contributed by atoms with Crippen LogP contribution in [-0.2, 0) is 16.1 Å². The Labute approximate surface area is 194 Å². The quantitative estimate of drug-likeness (QED) is 0.441. The summed E-state index contributed by atoms with van der Waals surface area (Å²) in [5.41, 5.74) is 4.36. The molecule has 0 N–H and O–H groups in total. The Hall–Kier alpha value is -2.24. The van der Waals surface area contributed by atoms with Crippen molar-refractivity contribution < 1.29 is 9.53 Å². The van der Waals surface area contributed by atoms with Crippen LogP contribution in [0.5, 0.6) is 0 Å². The van der Waals surface area contributed by atoms with E-state index in [9.17, 15) is 4.79 Å². The first-order chi connectivity index (χ1) is 15.7. The maximum Gasteiger partial charge on any atom is 0.226 e. The maximum absolute atomic E-state index is 13.6. The topological polar surface area (TPSA) is 42.4 Å². The van der Waals surface area contributed by atoms with Gasteiger partial charge < -0.3 is 9.64 Å². The molecule has 1 aliphatic carbocycles. The first-order valence-electron chi connectivity index (χ1n) is 12.0. The number of hydrogen-bond donors (Lipinski definition) is 0. The number of carbonyl (C=O) groups excluding carboxylic acids is 1. The van der Waals surface area contributed by atoms with E-state index in [1.165, 1.54) is 24.8 Å². The predicted molar refractivity (Wildman–Crippen MR) is 131 cm³/mol. The van der Waals surface area contributed by atoms with Gasteiger partial charge in [-0.2, -0.15) is 0 Å². The Kier molecular flexibility index (Phi) is 6.56. The Morgan fingerprint density at radius 1 is 1.12 bits per heavy atom. The van der Waals surface area contributed by atoms with Gasteiger partial charge >= 0.3 is 0 Å². The lowest BCUT2D eigenvalue weighted by atomic mass is 9.88. The fourth-order valence-corrected chi connectivity index (χ4v) is 5.90. The summed E-state index contributed by atoms with van der Waals surface area (Å²) in [6.45, 7) is 4.20. The molecule has 3 aromatic rings. The number of aryl methyl sites for hydroxylation is 1. The minimum Gasteiger partial charge on any atom is -0.376 e. The summed E-state index contributed by atoms with van der Waals surface area (Å²) in [5.74, 6) is 0.465. The van der Waals surface area contributed by atoms with E-state index in [1.54, 1.807) is 11.3 Å². The van der Waals surface area contributed by atoms with Gasteiger partial charge in [0, 0.05) is 31.0 Å². The number of pyridine rings is 1. The molecule has 0 spiro atoms. The highest BCUT2D eigenvalue weighted by atomic mass is 32.1. The van der Waals surface area contributed by atoms with E-state index < -0.39 is 0 Å². The summed E-state index contributed by atoms with van der Waals surface area (Å²) < 4.78 is 5.94. The highest BCUT2D eigenvalue weighted by Crippen LogP contribution is 2.32. The second-order valence-electron chi connectivity index (χ2n) is 9.36. The molecule has 4 nitrogen and oxygen atoms in total. The lowest BCUT2D eigenvalue weighted by molar-refractivity contribution is -0.138. The third-order valence-electron chi connectivity index (χ3n) is 6.88. The van der Waals surface area contributed by atoms with Crippen LogP contribution in [0.2, 0.25) is 0 Å². The summed E-state index contributed by atoms with van der Waals surface area (Å²) in [5, 5.41) is 3.23. The van der Waals surface area contributed by atoms with Gasteiger partial charge in [0.2, 0.25) is 5.91 Å². The zero-order valence-corrected chi connectivity index (χ0v) is 19.7.